The summed E-state index contributed by atoms with van der Waals surface area (Å²) < 4.78 is 32.8. The van der Waals surface area contributed by atoms with Crippen LogP contribution in [-0.4, -0.2) is 68.7 Å². The number of hydrogen-bond acceptors (Lipinski definition) is 8. The van der Waals surface area contributed by atoms with Gasteiger partial charge in [0.15, 0.2) is 0 Å². The SMILES string of the molecule is C=C(C)C(=O)OCCC[Si](C)(OCC)OCC.C=C(C)C(=O)OCCC[Si](C)(OCC)OCC. The van der Waals surface area contributed by atoms with Crippen LogP contribution in [0.1, 0.15) is 54.4 Å². The molecule has 0 aliphatic carbocycles. The first kappa shape index (κ1) is 34.9. The van der Waals surface area contributed by atoms with Gasteiger partial charge in [0, 0.05) is 37.6 Å². The van der Waals surface area contributed by atoms with Crippen LogP contribution in [0, 0.1) is 0 Å². The van der Waals surface area contributed by atoms with E-state index in [1.165, 1.54) is 0 Å². The van der Waals surface area contributed by atoms with Crippen LogP contribution in [0.3, 0.4) is 0 Å². The first-order valence-electron chi connectivity index (χ1n) is 12.1. The lowest BCUT2D eigenvalue weighted by molar-refractivity contribution is -0.139. The maximum Gasteiger partial charge on any atom is 0.335 e. The molecule has 10 heteroatoms. The Labute approximate surface area is 209 Å². The number of esters is 2. The van der Waals surface area contributed by atoms with Crippen molar-refractivity contribution in [3.05, 3.63) is 24.3 Å². The van der Waals surface area contributed by atoms with Crippen molar-refractivity contribution in [1.82, 2.24) is 0 Å². The maximum atomic E-state index is 11.1. The average Bonchev–Trinajstić information content (AvgIpc) is 2.75. The Bertz CT molecular complexity index is 546. The fourth-order valence-electron chi connectivity index (χ4n) is 2.96. The van der Waals surface area contributed by atoms with Gasteiger partial charge in [-0.2, -0.15) is 0 Å². The zero-order valence-electron chi connectivity index (χ0n) is 22.8. The lowest BCUT2D eigenvalue weighted by atomic mass is 10.4. The molecule has 0 saturated carbocycles. The molecule has 0 aliphatic heterocycles. The van der Waals surface area contributed by atoms with Gasteiger partial charge in [-0.05, 0) is 79.6 Å². The summed E-state index contributed by atoms with van der Waals surface area (Å²) in [4.78, 5) is 22.3. The third kappa shape index (κ3) is 18.1. The lowest BCUT2D eigenvalue weighted by Gasteiger charge is -2.25. The largest absolute Gasteiger partial charge is 0.462 e. The minimum atomic E-state index is -2.06. The number of carbonyl (C=O) groups excluding carboxylic acids is 2. The van der Waals surface area contributed by atoms with Gasteiger partial charge in [0.2, 0.25) is 0 Å². The first-order valence-corrected chi connectivity index (χ1v) is 17.2. The summed E-state index contributed by atoms with van der Waals surface area (Å²) in [7, 11) is -4.12. The minimum Gasteiger partial charge on any atom is -0.462 e. The molecule has 8 nitrogen and oxygen atoms in total. The molecule has 0 bridgehead atoms. The topological polar surface area (TPSA) is 89.5 Å². The van der Waals surface area contributed by atoms with Crippen LogP contribution in [0.4, 0.5) is 0 Å². The molecule has 200 valence electrons. The number of ether oxygens (including phenoxy) is 2. The predicted octanol–water partition coefficient (Wildman–Crippen LogP) is 5.28. The Morgan fingerprint density at radius 3 is 1.09 bits per heavy atom. The summed E-state index contributed by atoms with van der Waals surface area (Å²) in [6.07, 6.45) is 1.53. The molecule has 0 unspecified atom stereocenters. The Morgan fingerprint density at radius 1 is 0.618 bits per heavy atom. The van der Waals surface area contributed by atoms with Crippen LogP contribution >= 0.6 is 0 Å². The van der Waals surface area contributed by atoms with Crippen LogP contribution in [-0.2, 0) is 36.8 Å². The smallest absolute Gasteiger partial charge is 0.335 e. The van der Waals surface area contributed by atoms with E-state index in [4.69, 9.17) is 27.2 Å². The molecule has 0 aromatic heterocycles. The standard InChI is InChI=1S/2C12H24O4Si/c2*1-6-15-17(5,16-7-2)10-8-9-14-12(13)11(3)4/h2*3,6-10H2,1-2,4-5H3. The summed E-state index contributed by atoms with van der Waals surface area (Å²) in [6, 6.07) is 1.66. The van der Waals surface area contributed by atoms with E-state index in [0.29, 0.717) is 50.8 Å². The first-order chi connectivity index (χ1) is 15.9. The van der Waals surface area contributed by atoms with Crippen molar-refractivity contribution in [3.63, 3.8) is 0 Å². The van der Waals surface area contributed by atoms with Crippen molar-refractivity contribution >= 4 is 29.1 Å². The quantitative estimate of drug-likeness (QED) is 0.104. The van der Waals surface area contributed by atoms with Gasteiger partial charge < -0.3 is 27.2 Å². The van der Waals surface area contributed by atoms with Gasteiger partial charge >= 0.3 is 29.1 Å². The molecule has 34 heavy (non-hydrogen) atoms. The van der Waals surface area contributed by atoms with Crippen molar-refractivity contribution < 1.29 is 36.8 Å². The van der Waals surface area contributed by atoms with E-state index in [2.05, 4.69) is 13.2 Å². The lowest BCUT2D eigenvalue weighted by Crippen LogP contribution is -2.38. The molecule has 0 fully saturated rings. The van der Waals surface area contributed by atoms with Crippen LogP contribution in [0.25, 0.3) is 0 Å². The van der Waals surface area contributed by atoms with E-state index in [-0.39, 0.29) is 11.9 Å². The summed E-state index contributed by atoms with van der Waals surface area (Å²) in [5.74, 6) is -0.664. The molecule has 0 aromatic carbocycles. The van der Waals surface area contributed by atoms with Gasteiger partial charge in [-0.25, -0.2) is 9.59 Å². The van der Waals surface area contributed by atoms with E-state index >= 15 is 0 Å². The van der Waals surface area contributed by atoms with Gasteiger partial charge in [0.05, 0.1) is 13.2 Å². The van der Waals surface area contributed by atoms with Gasteiger partial charge in [-0.1, -0.05) is 13.2 Å². The molecule has 0 amide bonds. The molecule has 0 rings (SSSR count). The van der Waals surface area contributed by atoms with Gasteiger partial charge in [-0.3, -0.25) is 0 Å². The third-order valence-corrected chi connectivity index (χ3v) is 10.6. The fourth-order valence-corrected chi connectivity index (χ4v) is 7.72. The summed E-state index contributed by atoms with van der Waals surface area (Å²) >= 11 is 0. The fraction of sp³-hybridized carbons (Fsp3) is 0.750. The van der Waals surface area contributed by atoms with Crippen molar-refractivity contribution in [2.75, 3.05) is 39.6 Å². The highest BCUT2D eigenvalue weighted by molar-refractivity contribution is 6.66. The molecule has 0 aromatic rings. The molecule has 0 aliphatic rings. The Morgan fingerprint density at radius 2 is 0.882 bits per heavy atom. The Balaban J connectivity index is 0. The van der Waals surface area contributed by atoms with Gasteiger partial charge in [-0.15, -0.1) is 0 Å². The highest BCUT2D eigenvalue weighted by Gasteiger charge is 2.30. The number of hydrogen-bond donors (Lipinski definition) is 0. The van der Waals surface area contributed by atoms with Crippen LogP contribution in [0.2, 0.25) is 25.2 Å². The summed E-state index contributed by atoms with van der Waals surface area (Å²) in [5.41, 5.74) is 0.860. The third-order valence-electron chi connectivity index (χ3n) is 4.51. The number of carbonyl (C=O) groups is 2. The Hall–Kier alpha value is -1.31. The predicted molar refractivity (Wildman–Crippen MR) is 140 cm³/mol. The van der Waals surface area contributed by atoms with E-state index in [1.54, 1.807) is 13.8 Å². The molecule has 0 saturated heterocycles. The van der Waals surface area contributed by atoms with Crippen LogP contribution in [0.5, 0.6) is 0 Å². The van der Waals surface area contributed by atoms with Crippen molar-refractivity contribution in [3.8, 4) is 0 Å². The van der Waals surface area contributed by atoms with Crippen molar-refractivity contribution in [1.29, 1.82) is 0 Å². The summed E-state index contributed by atoms with van der Waals surface area (Å²) in [5, 5.41) is 0. The molecule has 0 heterocycles. The van der Waals surface area contributed by atoms with Crippen LogP contribution < -0.4 is 0 Å². The molecule has 0 spiro atoms. The zero-order chi connectivity index (χ0) is 26.6. The van der Waals surface area contributed by atoms with Crippen LogP contribution in [0.15, 0.2) is 24.3 Å². The maximum absolute atomic E-state index is 11.1. The molecule has 0 radical (unpaired) electrons. The molecular weight excluding hydrogens is 472 g/mol. The average molecular weight is 521 g/mol. The zero-order valence-corrected chi connectivity index (χ0v) is 24.8. The van der Waals surface area contributed by atoms with Crippen molar-refractivity contribution in [2.45, 2.75) is 79.6 Å². The second-order valence-corrected chi connectivity index (χ2v) is 14.7. The monoisotopic (exact) mass is 520 g/mol. The highest BCUT2D eigenvalue weighted by Crippen LogP contribution is 2.17. The van der Waals surface area contributed by atoms with E-state index in [1.807, 2.05) is 40.8 Å². The minimum absolute atomic E-state index is 0.332. The van der Waals surface area contributed by atoms with Gasteiger partial charge in [0.1, 0.15) is 0 Å². The normalized spacial score (nSPS) is 11.3. The second-order valence-electron chi connectivity index (χ2n) is 8.04. The second kappa shape index (κ2) is 19.9. The van der Waals surface area contributed by atoms with E-state index in [9.17, 15) is 9.59 Å². The summed E-state index contributed by atoms with van der Waals surface area (Å²) in [6.45, 7) is 25.7. The van der Waals surface area contributed by atoms with E-state index < -0.39 is 17.1 Å². The molecular formula is C24H48O8Si2. The molecule has 0 atom stereocenters. The highest BCUT2D eigenvalue weighted by atomic mass is 28.4. The Kier molecular flexibility index (Phi) is 20.4. The molecule has 0 N–H and O–H groups in total. The van der Waals surface area contributed by atoms with Gasteiger partial charge in [0.25, 0.3) is 0 Å². The van der Waals surface area contributed by atoms with E-state index in [0.717, 1.165) is 24.9 Å². The number of rotatable bonds is 18. The van der Waals surface area contributed by atoms with Crippen molar-refractivity contribution in [2.24, 2.45) is 0 Å².